The molecule has 1 saturated heterocycles. The normalized spacial score (nSPS) is 14.6. The number of nitrogens with zero attached hydrogens (tertiary/aromatic N) is 4. The van der Waals surface area contributed by atoms with E-state index in [1.165, 1.54) is 5.56 Å². The molecule has 25 heavy (non-hydrogen) atoms. The van der Waals surface area contributed by atoms with Gasteiger partial charge in [-0.15, -0.1) is 0 Å². The highest BCUT2D eigenvalue weighted by atomic mass is 32.2. The Bertz CT molecular complexity index is 742. The maximum absolute atomic E-state index is 11.5. The van der Waals surface area contributed by atoms with Crippen LogP contribution in [0.25, 0.3) is 0 Å². The molecule has 0 atom stereocenters. The molecule has 132 valence electrons. The van der Waals surface area contributed by atoms with Crippen LogP contribution in [0.15, 0.2) is 40.3 Å². The van der Waals surface area contributed by atoms with Crippen molar-refractivity contribution < 1.29 is 4.79 Å². The summed E-state index contributed by atoms with van der Waals surface area (Å²) in [6.45, 7) is 6.66. The van der Waals surface area contributed by atoms with Crippen LogP contribution in [0.5, 0.6) is 0 Å². The third-order valence-electron chi connectivity index (χ3n) is 4.34. The topological polar surface area (TPSA) is 75.3 Å². The van der Waals surface area contributed by atoms with Gasteiger partial charge in [0.2, 0.25) is 11.9 Å². The van der Waals surface area contributed by atoms with E-state index in [0.717, 1.165) is 35.1 Å². The van der Waals surface area contributed by atoms with Crippen LogP contribution in [0.3, 0.4) is 0 Å². The predicted molar refractivity (Wildman–Crippen MR) is 101 cm³/mol. The summed E-state index contributed by atoms with van der Waals surface area (Å²) in [5.74, 6) is 1.24. The van der Waals surface area contributed by atoms with Gasteiger partial charge in [0, 0.05) is 44.2 Å². The van der Waals surface area contributed by atoms with E-state index >= 15 is 0 Å². The van der Waals surface area contributed by atoms with Gasteiger partial charge in [0.25, 0.3) is 0 Å². The van der Waals surface area contributed by atoms with Gasteiger partial charge < -0.3 is 15.5 Å². The molecule has 3 rings (SSSR count). The van der Waals surface area contributed by atoms with Crippen LogP contribution in [0.2, 0.25) is 0 Å². The number of nitrogen functional groups attached to an aromatic ring is 1. The van der Waals surface area contributed by atoms with E-state index in [0.29, 0.717) is 13.1 Å². The molecule has 1 aromatic carbocycles. The van der Waals surface area contributed by atoms with E-state index in [1.807, 2.05) is 4.90 Å². The first-order valence-electron chi connectivity index (χ1n) is 8.46. The van der Waals surface area contributed by atoms with Crippen molar-refractivity contribution in [3.05, 3.63) is 36.0 Å². The van der Waals surface area contributed by atoms with Crippen molar-refractivity contribution in [3.8, 4) is 0 Å². The number of hydrogen-bond acceptors (Lipinski definition) is 6. The molecule has 1 amide bonds. The number of anilines is 2. The number of nitrogens with two attached hydrogens (primary N) is 1. The summed E-state index contributed by atoms with van der Waals surface area (Å²) in [6, 6.07) is 8.53. The fourth-order valence-electron chi connectivity index (χ4n) is 2.83. The standard InChI is InChI=1S/C18H23N5OS/c1-3-14-4-6-15(7-5-14)25-16-12-20-18(19)21-17(16)23-10-8-22(9-11-23)13(2)24/h4-7,12H,3,8-11H2,1-2H3,(H2,19,20,21). The van der Waals surface area contributed by atoms with Gasteiger partial charge in [-0.1, -0.05) is 30.8 Å². The molecule has 7 heteroatoms. The third-order valence-corrected chi connectivity index (χ3v) is 5.35. The quantitative estimate of drug-likeness (QED) is 0.906. The lowest BCUT2D eigenvalue weighted by Crippen LogP contribution is -2.48. The van der Waals surface area contributed by atoms with E-state index in [9.17, 15) is 4.79 Å². The van der Waals surface area contributed by atoms with Crippen LogP contribution in [-0.2, 0) is 11.2 Å². The monoisotopic (exact) mass is 357 g/mol. The lowest BCUT2D eigenvalue weighted by Gasteiger charge is -2.35. The fraction of sp³-hybridized carbons (Fsp3) is 0.389. The van der Waals surface area contributed by atoms with Crippen LogP contribution in [-0.4, -0.2) is 47.0 Å². The Morgan fingerprint density at radius 1 is 1.20 bits per heavy atom. The Morgan fingerprint density at radius 3 is 2.48 bits per heavy atom. The molecule has 1 aliphatic rings. The summed E-state index contributed by atoms with van der Waals surface area (Å²) in [5.41, 5.74) is 7.14. The van der Waals surface area contributed by atoms with Crippen LogP contribution < -0.4 is 10.6 Å². The molecule has 0 aliphatic carbocycles. The summed E-state index contributed by atoms with van der Waals surface area (Å²) in [6.07, 6.45) is 2.81. The Balaban J connectivity index is 1.79. The number of carbonyl (C=O) groups is 1. The molecule has 2 aromatic rings. The molecular formula is C18H23N5OS. The highest BCUT2D eigenvalue weighted by Gasteiger charge is 2.22. The number of aromatic nitrogens is 2. The van der Waals surface area contributed by atoms with E-state index in [4.69, 9.17) is 5.73 Å². The van der Waals surface area contributed by atoms with Crippen LogP contribution in [0.1, 0.15) is 19.4 Å². The highest BCUT2D eigenvalue weighted by Crippen LogP contribution is 2.34. The molecule has 1 fully saturated rings. The van der Waals surface area contributed by atoms with Gasteiger partial charge in [-0.25, -0.2) is 4.98 Å². The molecule has 0 radical (unpaired) electrons. The second-order valence-electron chi connectivity index (χ2n) is 6.01. The lowest BCUT2D eigenvalue weighted by atomic mass is 10.2. The maximum Gasteiger partial charge on any atom is 0.222 e. The van der Waals surface area contributed by atoms with Crippen molar-refractivity contribution in [1.29, 1.82) is 0 Å². The molecule has 0 saturated carbocycles. The maximum atomic E-state index is 11.5. The van der Waals surface area contributed by atoms with Crippen molar-refractivity contribution >= 4 is 29.4 Å². The molecule has 1 aliphatic heterocycles. The molecule has 6 nitrogen and oxygen atoms in total. The van der Waals surface area contributed by atoms with Gasteiger partial charge in [0.1, 0.15) is 5.82 Å². The number of piperazine rings is 1. The molecule has 2 heterocycles. The molecule has 1 aromatic heterocycles. The minimum Gasteiger partial charge on any atom is -0.368 e. The van der Waals surface area contributed by atoms with Gasteiger partial charge in [-0.05, 0) is 24.1 Å². The van der Waals surface area contributed by atoms with Crippen molar-refractivity contribution in [2.45, 2.75) is 30.1 Å². The Kier molecular flexibility index (Phi) is 5.43. The van der Waals surface area contributed by atoms with Crippen LogP contribution >= 0.6 is 11.8 Å². The molecule has 0 unspecified atom stereocenters. The Labute approximate surface area is 152 Å². The van der Waals surface area contributed by atoms with E-state index in [-0.39, 0.29) is 11.9 Å². The number of rotatable bonds is 4. The van der Waals surface area contributed by atoms with Gasteiger partial charge in [0.05, 0.1) is 4.90 Å². The lowest BCUT2D eigenvalue weighted by molar-refractivity contribution is -0.129. The predicted octanol–water partition coefficient (Wildman–Crippen LogP) is 2.44. The van der Waals surface area contributed by atoms with Crippen LogP contribution in [0, 0.1) is 0 Å². The SMILES string of the molecule is CCc1ccc(Sc2cnc(N)nc2N2CCN(C(C)=O)CC2)cc1. The zero-order valence-electron chi connectivity index (χ0n) is 14.6. The summed E-state index contributed by atoms with van der Waals surface area (Å²) >= 11 is 1.64. The van der Waals surface area contributed by atoms with E-state index in [2.05, 4.69) is 46.1 Å². The zero-order chi connectivity index (χ0) is 17.8. The Morgan fingerprint density at radius 2 is 1.88 bits per heavy atom. The summed E-state index contributed by atoms with van der Waals surface area (Å²) in [4.78, 5) is 26.3. The number of hydrogen-bond donors (Lipinski definition) is 1. The fourth-order valence-corrected chi connectivity index (χ4v) is 3.72. The first-order valence-corrected chi connectivity index (χ1v) is 9.28. The second-order valence-corrected chi connectivity index (χ2v) is 7.12. The first kappa shape index (κ1) is 17.5. The molecular weight excluding hydrogens is 334 g/mol. The number of aryl methyl sites for hydroxylation is 1. The summed E-state index contributed by atoms with van der Waals surface area (Å²) in [5, 5.41) is 0. The van der Waals surface area contributed by atoms with Crippen molar-refractivity contribution in [2.24, 2.45) is 0 Å². The minimum absolute atomic E-state index is 0.118. The number of amides is 1. The van der Waals surface area contributed by atoms with Crippen molar-refractivity contribution in [2.75, 3.05) is 36.8 Å². The second kappa shape index (κ2) is 7.74. The molecule has 2 N–H and O–H groups in total. The van der Waals surface area contributed by atoms with Gasteiger partial charge in [-0.2, -0.15) is 4.98 Å². The smallest absolute Gasteiger partial charge is 0.222 e. The van der Waals surface area contributed by atoms with Crippen molar-refractivity contribution in [1.82, 2.24) is 14.9 Å². The van der Waals surface area contributed by atoms with E-state index in [1.54, 1.807) is 24.9 Å². The third kappa shape index (κ3) is 4.22. The average Bonchev–Trinajstić information content (AvgIpc) is 2.64. The summed E-state index contributed by atoms with van der Waals surface area (Å²) < 4.78 is 0. The van der Waals surface area contributed by atoms with Gasteiger partial charge >= 0.3 is 0 Å². The zero-order valence-corrected chi connectivity index (χ0v) is 15.4. The highest BCUT2D eigenvalue weighted by molar-refractivity contribution is 7.99. The largest absolute Gasteiger partial charge is 0.368 e. The van der Waals surface area contributed by atoms with Gasteiger partial charge in [0.15, 0.2) is 0 Å². The summed E-state index contributed by atoms with van der Waals surface area (Å²) in [7, 11) is 0. The molecule has 0 bridgehead atoms. The van der Waals surface area contributed by atoms with Gasteiger partial charge in [-0.3, -0.25) is 4.79 Å². The van der Waals surface area contributed by atoms with Crippen molar-refractivity contribution in [3.63, 3.8) is 0 Å². The minimum atomic E-state index is 0.118. The van der Waals surface area contributed by atoms with Crippen LogP contribution in [0.4, 0.5) is 11.8 Å². The Hall–Kier alpha value is -2.28. The average molecular weight is 357 g/mol. The number of benzene rings is 1. The molecule has 0 spiro atoms. The van der Waals surface area contributed by atoms with E-state index < -0.39 is 0 Å². The first-order chi connectivity index (χ1) is 12.1. The number of carbonyl (C=O) groups excluding carboxylic acids is 1.